The van der Waals surface area contributed by atoms with Gasteiger partial charge in [-0.15, -0.1) is 0 Å². The van der Waals surface area contributed by atoms with Gasteiger partial charge in [0.15, 0.2) is 5.76 Å². The van der Waals surface area contributed by atoms with E-state index in [4.69, 9.17) is 13.9 Å². The maximum atomic E-state index is 9.72. The summed E-state index contributed by atoms with van der Waals surface area (Å²) in [5, 5.41) is 10.6. The second kappa shape index (κ2) is 6.93. The Kier molecular flexibility index (Phi) is 5.22. The van der Waals surface area contributed by atoms with E-state index in [1.165, 1.54) is 0 Å². The van der Waals surface area contributed by atoms with Gasteiger partial charge in [0.1, 0.15) is 11.3 Å². The smallest absolute Gasteiger partial charge is 0.217 e. The molecule has 0 saturated carbocycles. The van der Waals surface area contributed by atoms with Gasteiger partial charge in [0.25, 0.3) is 0 Å². The molecule has 1 N–H and O–H groups in total. The molecule has 0 spiro atoms. The molecule has 0 aliphatic carbocycles. The van der Waals surface area contributed by atoms with E-state index in [0.29, 0.717) is 5.76 Å². The highest BCUT2D eigenvalue weighted by molar-refractivity contribution is 5.83. The van der Waals surface area contributed by atoms with Crippen molar-refractivity contribution in [1.29, 1.82) is 0 Å². The molecule has 116 valence electrons. The number of fused-ring (bicyclic) bond motifs is 1. The second-order valence-electron chi connectivity index (χ2n) is 5.34. The molecule has 0 radical (unpaired) electrons. The number of phenols is 1. The first-order chi connectivity index (χ1) is 10.1. The molecule has 0 atom stereocenters. The minimum absolute atomic E-state index is 0.232. The molecule has 0 aliphatic rings. The zero-order valence-corrected chi connectivity index (χ0v) is 13.0. The van der Waals surface area contributed by atoms with E-state index in [2.05, 4.69) is 4.90 Å². The maximum Gasteiger partial charge on any atom is 0.217 e. The number of aromatic hydroxyl groups is 1. The van der Waals surface area contributed by atoms with Crippen molar-refractivity contribution < 1.29 is 19.0 Å². The summed E-state index contributed by atoms with van der Waals surface area (Å²) in [5.74, 6) is 0.912. The van der Waals surface area contributed by atoms with Crippen LogP contribution in [-0.2, 0) is 15.9 Å². The minimum atomic E-state index is -0.533. The molecule has 2 rings (SSSR count). The summed E-state index contributed by atoms with van der Waals surface area (Å²) in [6, 6.07) is 5.12. The Bertz CT molecular complexity index is 587. The third-order valence-corrected chi connectivity index (χ3v) is 3.48. The second-order valence-corrected chi connectivity index (χ2v) is 5.34. The zero-order chi connectivity index (χ0) is 15.4. The lowest BCUT2D eigenvalue weighted by atomic mass is 10.0. The third kappa shape index (κ3) is 3.56. The Morgan fingerprint density at radius 3 is 2.57 bits per heavy atom. The molecule has 0 aliphatic heterocycles. The lowest BCUT2D eigenvalue weighted by Gasteiger charge is -2.13. The summed E-state index contributed by atoms with van der Waals surface area (Å²) in [5.41, 5.74) is 1.78. The molecule has 1 aromatic heterocycles. The molecular formula is C16H23NO4. The first kappa shape index (κ1) is 15.8. The molecule has 0 bridgehead atoms. The van der Waals surface area contributed by atoms with Gasteiger partial charge in [-0.2, -0.15) is 0 Å². The first-order valence-electron chi connectivity index (χ1n) is 7.01. The molecule has 2 aromatic rings. The highest BCUT2D eigenvalue weighted by Crippen LogP contribution is 2.34. The number of furan rings is 1. The van der Waals surface area contributed by atoms with Crippen LogP contribution in [0.5, 0.6) is 5.75 Å². The molecule has 1 heterocycles. The third-order valence-electron chi connectivity index (χ3n) is 3.48. The van der Waals surface area contributed by atoms with Gasteiger partial charge in [-0.3, -0.25) is 0 Å². The van der Waals surface area contributed by atoms with Crippen LogP contribution in [-0.4, -0.2) is 44.9 Å². The standard InChI is InChI=1S/C16H23NO4/c1-17(2)9-5-6-12-13-10-11(18)7-8-14(13)21-15(12)16(19-3)20-4/h7-8,10,16,18H,5-6,9H2,1-4H3. The number of benzene rings is 1. The number of aryl methyl sites for hydroxylation is 1. The summed E-state index contributed by atoms with van der Waals surface area (Å²) in [6.45, 7) is 0.982. The van der Waals surface area contributed by atoms with E-state index in [0.717, 1.165) is 35.9 Å². The lowest BCUT2D eigenvalue weighted by molar-refractivity contribution is -0.117. The van der Waals surface area contributed by atoms with Crippen molar-refractivity contribution in [3.05, 3.63) is 29.5 Å². The van der Waals surface area contributed by atoms with Crippen molar-refractivity contribution in [1.82, 2.24) is 4.90 Å². The van der Waals surface area contributed by atoms with Gasteiger partial charge < -0.3 is 23.9 Å². The summed E-state index contributed by atoms with van der Waals surface area (Å²) >= 11 is 0. The highest BCUT2D eigenvalue weighted by atomic mass is 16.7. The fourth-order valence-electron chi connectivity index (χ4n) is 2.49. The number of methoxy groups -OCH3 is 2. The maximum absolute atomic E-state index is 9.72. The molecule has 1 aromatic carbocycles. The summed E-state index contributed by atoms with van der Waals surface area (Å²) in [6.07, 6.45) is 1.30. The van der Waals surface area contributed by atoms with E-state index in [-0.39, 0.29) is 5.75 Å². The van der Waals surface area contributed by atoms with E-state index in [1.54, 1.807) is 32.4 Å². The topological polar surface area (TPSA) is 55.1 Å². The first-order valence-corrected chi connectivity index (χ1v) is 7.01. The molecule has 0 unspecified atom stereocenters. The number of nitrogens with zero attached hydrogens (tertiary/aromatic N) is 1. The number of rotatable bonds is 7. The van der Waals surface area contributed by atoms with Crippen molar-refractivity contribution in [2.75, 3.05) is 34.9 Å². The van der Waals surface area contributed by atoms with E-state index >= 15 is 0 Å². The molecule has 5 nitrogen and oxygen atoms in total. The van der Waals surface area contributed by atoms with Gasteiger partial charge in [-0.05, 0) is 51.7 Å². The van der Waals surface area contributed by atoms with Crippen LogP contribution in [0.2, 0.25) is 0 Å². The van der Waals surface area contributed by atoms with Crippen LogP contribution in [0.1, 0.15) is 24.0 Å². The predicted octanol–water partition coefficient (Wildman–Crippen LogP) is 2.92. The molecular weight excluding hydrogens is 270 g/mol. The molecule has 21 heavy (non-hydrogen) atoms. The van der Waals surface area contributed by atoms with Gasteiger partial charge in [-0.25, -0.2) is 0 Å². The van der Waals surface area contributed by atoms with E-state index < -0.39 is 6.29 Å². The van der Waals surface area contributed by atoms with Crippen molar-refractivity contribution in [2.45, 2.75) is 19.1 Å². The Labute approximate surface area is 125 Å². The molecule has 5 heteroatoms. The van der Waals surface area contributed by atoms with Gasteiger partial charge in [0.05, 0.1) is 0 Å². The Morgan fingerprint density at radius 2 is 1.95 bits per heavy atom. The summed E-state index contributed by atoms with van der Waals surface area (Å²) in [7, 11) is 7.27. The summed E-state index contributed by atoms with van der Waals surface area (Å²) < 4.78 is 16.5. The molecule has 0 saturated heterocycles. The molecule has 0 amide bonds. The molecule has 0 fully saturated rings. The fraction of sp³-hybridized carbons (Fsp3) is 0.500. The largest absolute Gasteiger partial charge is 0.508 e. The van der Waals surface area contributed by atoms with Gasteiger partial charge in [0, 0.05) is 25.2 Å². The van der Waals surface area contributed by atoms with Crippen molar-refractivity contribution in [3.8, 4) is 5.75 Å². The van der Waals surface area contributed by atoms with Crippen LogP contribution in [0.4, 0.5) is 0 Å². The Hall–Kier alpha value is -1.56. The van der Waals surface area contributed by atoms with Crippen LogP contribution in [0, 0.1) is 0 Å². The van der Waals surface area contributed by atoms with Crippen LogP contribution in [0.3, 0.4) is 0 Å². The number of hydrogen-bond donors (Lipinski definition) is 1. The quantitative estimate of drug-likeness (QED) is 0.795. The minimum Gasteiger partial charge on any atom is -0.508 e. The SMILES string of the molecule is COC(OC)c1oc2ccc(O)cc2c1CCCN(C)C. The Morgan fingerprint density at radius 1 is 1.24 bits per heavy atom. The normalized spacial score (nSPS) is 11.9. The summed E-state index contributed by atoms with van der Waals surface area (Å²) in [4.78, 5) is 2.14. The van der Waals surface area contributed by atoms with Crippen molar-refractivity contribution >= 4 is 11.0 Å². The number of phenolic OH excluding ortho intramolecular Hbond substituents is 1. The van der Waals surface area contributed by atoms with Crippen LogP contribution in [0.25, 0.3) is 11.0 Å². The van der Waals surface area contributed by atoms with Crippen LogP contribution >= 0.6 is 0 Å². The van der Waals surface area contributed by atoms with Gasteiger partial charge in [-0.1, -0.05) is 0 Å². The monoisotopic (exact) mass is 293 g/mol. The lowest BCUT2D eigenvalue weighted by Crippen LogP contribution is -2.14. The average Bonchev–Trinajstić information content (AvgIpc) is 2.78. The van der Waals surface area contributed by atoms with Crippen LogP contribution < -0.4 is 0 Å². The zero-order valence-electron chi connectivity index (χ0n) is 13.0. The Balaban J connectivity index is 2.40. The number of hydrogen-bond acceptors (Lipinski definition) is 5. The van der Waals surface area contributed by atoms with Crippen LogP contribution in [0.15, 0.2) is 22.6 Å². The highest BCUT2D eigenvalue weighted by Gasteiger charge is 2.22. The number of ether oxygens (including phenoxy) is 2. The predicted molar refractivity (Wildman–Crippen MR) is 81.5 cm³/mol. The van der Waals surface area contributed by atoms with Gasteiger partial charge >= 0.3 is 0 Å². The van der Waals surface area contributed by atoms with Crippen molar-refractivity contribution in [3.63, 3.8) is 0 Å². The van der Waals surface area contributed by atoms with E-state index in [1.807, 2.05) is 14.1 Å². The van der Waals surface area contributed by atoms with Crippen molar-refractivity contribution in [2.24, 2.45) is 0 Å². The fourth-order valence-corrected chi connectivity index (χ4v) is 2.49. The van der Waals surface area contributed by atoms with E-state index in [9.17, 15) is 5.11 Å². The van der Waals surface area contributed by atoms with Gasteiger partial charge in [0.2, 0.25) is 6.29 Å². The average molecular weight is 293 g/mol.